The molecule has 0 aromatic heterocycles. The average molecular weight is 494 g/mol. The molecule has 0 fully saturated rings. The minimum atomic E-state index is -5.13. The Morgan fingerprint density at radius 2 is 1.38 bits per heavy atom. The first kappa shape index (κ1) is 22.0. The Morgan fingerprint density at radius 1 is 0.793 bits per heavy atom. The van der Waals surface area contributed by atoms with E-state index in [0.717, 1.165) is 12.1 Å². The van der Waals surface area contributed by atoms with Gasteiger partial charge in [0.1, 0.15) is 11.5 Å². The highest BCUT2D eigenvalue weighted by molar-refractivity contribution is 7.87. The van der Waals surface area contributed by atoms with Crippen molar-refractivity contribution in [3.05, 3.63) is 91.4 Å². The zero-order valence-corrected chi connectivity index (χ0v) is 18.1. The molecule has 29 heavy (non-hydrogen) atoms. The number of phenols is 2. The van der Waals surface area contributed by atoms with Crippen LogP contribution in [0.2, 0.25) is 20.1 Å². The highest BCUT2D eigenvalue weighted by atomic mass is 35.5. The van der Waals surface area contributed by atoms with Crippen molar-refractivity contribution in [2.24, 2.45) is 0 Å². The summed E-state index contributed by atoms with van der Waals surface area (Å²) in [6, 6.07) is 11.4. The third-order valence-electron chi connectivity index (χ3n) is 4.33. The lowest BCUT2D eigenvalue weighted by Gasteiger charge is -2.34. The zero-order valence-electron chi connectivity index (χ0n) is 14.3. The van der Waals surface area contributed by atoms with Gasteiger partial charge in [-0.05, 0) is 48.0 Å². The monoisotopic (exact) mass is 492 g/mol. The third-order valence-corrected chi connectivity index (χ3v) is 6.83. The molecule has 1 atom stereocenters. The van der Waals surface area contributed by atoms with Gasteiger partial charge in [0.25, 0.3) is 10.1 Å². The fourth-order valence-corrected chi connectivity index (χ4v) is 5.82. The van der Waals surface area contributed by atoms with Crippen molar-refractivity contribution < 1.29 is 23.2 Å². The van der Waals surface area contributed by atoms with Gasteiger partial charge >= 0.3 is 0 Å². The first-order valence-electron chi connectivity index (χ1n) is 7.89. The van der Waals surface area contributed by atoms with Crippen LogP contribution in [0.25, 0.3) is 0 Å². The zero-order chi connectivity index (χ0) is 21.6. The van der Waals surface area contributed by atoms with Crippen LogP contribution in [0, 0.1) is 0 Å². The summed E-state index contributed by atoms with van der Waals surface area (Å²) in [7, 11) is -5.13. The van der Waals surface area contributed by atoms with E-state index in [4.69, 9.17) is 46.4 Å². The van der Waals surface area contributed by atoms with Gasteiger partial charge in [0.2, 0.25) is 0 Å². The maximum atomic E-state index is 13.0. The highest BCUT2D eigenvalue weighted by Crippen LogP contribution is 2.52. The minimum absolute atomic E-state index is 0.0560. The maximum absolute atomic E-state index is 13.0. The van der Waals surface area contributed by atoms with E-state index in [1.165, 1.54) is 42.5 Å². The predicted octanol–water partition coefficient (Wildman–Crippen LogP) is 5.89. The summed E-state index contributed by atoms with van der Waals surface area (Å²) in [5.41, 5.74) is -0.648. The molecule has 0 saturated heterocycles. The van der Waals surface area contributed by atoms with Gasteiger partial charge in [0, 0.05) is 21.2 Å². The standard InChI is InChI=1S/C19H12Cl4O5S/c20-11-3-1-2-10(6-11)19(29(26,27)28,14-7-12(21)4-5-17(14)25)18-15(22)8-13(24)9-16(18)23/h1-9,24-25H,(H,26,27,28). The molecule has 152 valence electrons. The summed E-state index contributed by atoms with van der Waals surface area (Å²) < 4.78 is 34.0. The van der Waals surface area contributed by atoms with Gasteiger partial charge in [-0.1, -0.05) is 58.5 Å². The van der Waals surface area contributed by atoms with Crippen molar-refractivity contribution in [1.29, 1.82) is 0 Å². The molecule has 0 radical (unpaired) electrons. The Balaban J connectivity index is 2.65. The number of aromatic hydroxyl groups is 2. The van der Waals surface area contributed by atoms with Crippen LogP contribution in [0.3, 0.4) is 0 Å². The van der Waals surface area contributed by atoms with Gasteiger partial charge in [0.15, 0.2) is 4.75 Å². The smallest absolute Gasteiger partial charge is 0.283 e. The number of hydrogen-bond acceptors (Lipinski definition) is 4. The maximum Gasteiger partial charge on any atom is 0.283 e. The van der Waals surface area contributed by atoms with Crippen LogP contribution in [0.5, 0.6) is 11.5 Å². The SMILES string of the molecule is O=S(=O)(O)C(c1cccc(Cl)c1)(c1cc(Cl)ccc1O)c1c(Cl)cc(O)cc1Cl. The molecule has 0 aliphatic heterocycles. The van der Waals surface area contributed by atoms with Crippen molar-refractivity contribution >= 4 is 56.5 Å². The molecule has 1 unspecified atom stereocenters. The van der Waals surface area contributed by atoms with E-state index in [2.05, 4.69) is 0 Å². The lowest BCUT2D eigenvalue weighted by molar-refractivity contribution is 0.440. The number of phenolic OH excluding ortho intramolecular Hbond substituents is 2. The van der Waals surface area contributed by atoms with Crippen LogP contribution in [0.1, 0.15) is 16.7 Å². The summed E-state index contributed by atoms with van der Waals surface area (Å²) in [4.78, 5) is 0. The topological polar surface area (TPSA) is 94.8 Å². The molecule has 0 aliphatic carbocycles. The molecule has 0 bridgehead atoms. The molecule has 3 aromatic rings. The highest BCUT2D eigenvalue weighted by Gasteiger charge is 2.52. The molecule has 0 saturated carbocycles. The lowest BCUT2D eigenvalue weighted by Crippen LogP contribution is -2.39. The number of halogens is 4. The van der Waals surface area contributed by atoms with E-state index >= 15 is 0 Å². The Morgan fingerprint density at radius 3 is 1.93 bits per heavy atom. The quantitative estimate of drug-likeness (QED) is 0.311. The predicted molar refractivity (Wildman–Crippen MR) is 114 cm³/mol. The van der Waals surface area contributed by atoms with Gasteiger partial charge in [-0.25, -0.2) is 0 Å². The van der Waals surface area contributed by atoms with Crippen LogP contribution in [0.15, 0.2) is 54.6 Å². The second-order valence-electron chi connectivity index (χ2n) is 6.11. The molecule has 0 heterocycles. The van der Waals surface area contributed by atoms with Crippen molar-refractivity contribution in [2.75, 3.05) is 0 Å². The van der Waals surface area contributed by atoms with E-state index in [-0.39, 0.29) is 42.5 Å². The normalized spacial score (nSPS) is 13.8. The summed E-state index contributed by atoms with van der Waals surface area (Å²) in [6.45, 7) is 0. The molecule has 0 spiro atoms. The fourth-order valence-electron chi connectivity index (χ4n) is 3.25. The Hall–Kier alpha value is -1.67. The van der Waals surface area contributed by atoms with Crippen LogP contribution in [-0.2, 0) is 14.9 Å². The molecular weight excluding hydrogens is 482 g/mol. The third kappa shape index (κ3) is 3.77. The van der Waals surface area contributed by atoms with Crippen molar-refractivity contribution in [3.8, 4) is 11.5 Å². The Labute approximate surface area is 186 Å². The van der Waals surface area contributed by atoms with Crippen LogP contribution in [-0.4, -0.2) is 23.2 Å². The summed E-state index contributed by atoms with van der Waals surface area (Å²) in [5.74, 6) is -0.818. The van der Waals surface area contributed by atoms with Crippen LogP contribution >= 0.6 is 46.4 Å². The minimum Gasteiger partial charge on any atom is -0.508 e. The van der Waals surface area contributed by atoms with E-state index < -0.39 is 20.6 Å². The molecule has 10 heteroatoms. The first-order valence-corrected chi connectivity index (χ1v) is 10.8. The van der Waals surface area contributed by atoms with Crippen molar-refractivity contribution in [3.63, 3.8) is 0 Å². The van der Waals surface area contributed by atoms with Crippen LogP contribution < -0.4 is 0 Å². The second kappa shape index (κ2) is 7.87. The molecule has 0 amide bonds. The number of rotatable bonds is 4. The van der Waals surface area contributed by atoms with E-state index in [1.54, 1.807) is 0 Å². The van der Waals surface area contributed by atoms with E-state index in [1.807, 2.05) is 0 Å². The molecule has 5 nitrogen and oxygen atoms in total. The summed E-state index contributed by atoms with van der Waals surface area (Å²) in [5, 5.41) is 20.1. The van der Waals surface area contributed by atoms with Gasteiger partial charge in [-0.3, -0.25) is 4.55 Å². The fraction of sp³-hybridized carbons (Fsp3) is 0.0526. The molecule has 3 rings (SSSR count). The van der Waals surface area contributed by atoms with Crippen LogP contribution in [0.4, 0.5) is 0 Å². The first-order chi connectivity index (χ1) is 13.5. The Bertz CT molecular complexity index is 1190. The van der Waals surface area contributed by atoms with Gasteiger partial charge in [-0.2, -0.15) is 8.42 Å². The molecule has 3 aromatic carbocycles. The van der Waals surface area contributed by atoms with Crippen molar-refractivity contribution in [2.45, 2.75) is 4.75 Å². The van der Waals surface area contributed by atoms with Gasteiger partial charge < -0.3 is 10.2 Å². The number of hydrogen-bond donors (Lipinski definition) is 3. The van der Waals surface area contributed by atoms with E-state index in [9.17, 15) is 23.2 Å². The van der Waals surface area contributed by atoms with E-state index in [0.29, 0.717) is 0 Å². The van der Waals surface area contributed by atoms with Gasteiger partial charge in [-0.15, -0.1) is 0 Å². The Kier molecular flexibility index (Phi) is 5.98. The average Bonchev–Trinajstić information content (AvgIpc) is 2.59. The largest absolute Gasteiger partial charge is 0.508 e. The lowest BCUT2D eigenvalue weighted by atomic mass is 9.83. The molecule has 0 aliphatic rings. The summed E-state index contributed by atoms with van der Waals surface area (Å²) in [6.07, 6.45) is 0. The van der Waals surface area contributed by atoms with Crippen molar-refractivity contribution in [1.82, 2.24) is 0 Å². The number of benzene rings is 3. The van der Waals surface area contributed by atoms with Gasteiger partial charge in [0.05, 0.1) is 10.0 Å². The summed E-state index contributed by atoms with van der Waals surface area (Å²) >= 11 is 24.7. The second-order valence-corrected chi connectivity index (χ2v) is 9.36. The molecular formula is C19H12Cl4O5S. The molecule has 3 N–H and O–H groups in total.